The van der Waals surface area contributed by atoms with Crippen LogP contribution in [0, 0.1) is 0 Å². The number of hydrogen-bond donors (Lipinski definition) is 0. The first-order chi connectivity index (χ1) is 17.7. The Morgan fingerprint density at radius 1 is 1.08 bits per heavy atom. The first-order valence-corrected chi connectivity index (χ1v) is 11.9. The molecule has 1 fully saturated rings. The van der Waals surface area contributed by atoms with Crippen molar-refractivity contribution < 1.29 is 22.7 Å². The number of amides is 1. The molecule has 7 nitrogen and oxygen atoms in total. The number of halogens is 3. The molecule has 1 aliphatic rings. The number of carbonyl (C=O) groups excluding carboxylic acids is 1. The van der Waals surface area contributed by atoms with Crippen LogP contribution in [0.15, 0.2) is 66.9 Å². The normalized spacial score (nSPS) is 16.8. The fraction of sp³-hybridized carbons (Fsp3) is 0.296. The maximum absolute atomic E-state index is 14.0. The molecule has 0 N–H and O–H groups in total. The van der Waals surface area contributed by atoms with Crippen LogP contribution in [0.5, 0.6) is 5.75 Å². The average Bonchev–Trinajstić information content (AvgIpc) is 3.32. The van der Waals surface area contributed by atoms with Crippen LogP contribution in [0.1, 0.15) is 28.5 Å². The summed E-state index contributed by atoms with van der Waals surface area (Å²) >= 11 is 0. The number of methoxy groups -OCH3 is 1. The molecule has 3 heterocycles. The second kappa shape index (κ2) is 9.85. The molecule has 0 aliphatic carbocycles. The van der Waals surface area contributed by atoms with Gasteiger partial charge in [0, 0.05) is 37.8 Å². The third kappa shape index (κ3) is 5.01. The monoisotopic (exact) mass is 509 g/mol. The van der Waals surface area contributed by atoms with E-state index in [2.05, 4.69) is 27.1 Å². The van der Waals surface area contributed by atoms with Crippen LogP contribution in [-0.4, -0.2) is 63.1 Å². The van der Waals surface area contributed by atoms with Crippen molar-refractivity contribution in [2.45, 2.75) is 25.7 Å². The van der Waals surface area contributed by atoms with Gasteiger partial charge in [-0.15, -0.1) is 0 Å². The number of ether oxygens (including phenoxy) is 1. The van der Waals surface area contributed by atoms with Crippen LogP contribution in [0.2, 0.25) is 0 Å². The van der Waals surface area contributed by atoms with E-state index in [9.17, 15) is 18.0 Å². The van der Waals surface area contributed by atoms with Gasteiger partial charge in [0.2, 0.25) is 0 Å². The molecule has 0 radical (unpaired) electrons. The van der Waals surface area contributed by atoms with Gasteiger partial charge in [-0.1, -0.05) is 30.3 Å². The summed E-state index contributed by atoms with van der Waals surface area (Å²) in [4.78, 5) is 22.0. The highest BCUT2D eigenvalue weighted by Gasteiger charge is 2.37. The van der Waals surface area contributed by atoms with Crippen molar-refractivity contribution in [2.75, 3.05) is 26.7 Å². The number of benzene rings is 2. The van der Waals surface area contributed by atoms with Crippen molar-refractivity contribution in [1.29, 1.82) is 0 Å². The lowest BCUT2D eigenvalue weighted by Gasteiger charge is -2.39. The summed E-state index contributed by atoms with van der Waals surface area (Å²) < 4.78 is 47.8. The topological polar surface area (TPSA) is 63.0 Å². The first-order valence-electron chi connectivity index (χ1n) is 11.9. The quantitative estimate of drug-likeness (QED) is 0.388. The smallest absolute Gasteiger partial charge is 0.433 e. The fourth-order valence-corrected chi connectivity index (χ4v) is 4.70. The van der Waals surface area contributed by atoms with Gasteiger partial charge in [0.05, 0.1) is 19.0 Å². The van der Waals surface area contributed by atoms with Crippen LogP contribution < -0.4 is 4.74 Å². The van der Waals surface area contributed by atoms with Crippen molar-refractivity contribution in [3.63, 3.8) is 0 Å². The van der Waals surface area contributed by atoms with Crippen LogP contribution in [0.3, 0.4) is 0 Å². The average molecular weight is 510 g/mol. The Bertz CT molecular complexity index is 1400. The van der Waals surface area contributed by atoms with Gasteiger partial charge in [-0.05, 0) is 42.8 Å². The fourth-order valence-electron chi connectivity index (χ4n) is 4.70. The molecule has 4 aromatic rings. The van der Waals surface area contributed by atoms with E-state index < -0.39 is 11.9 Å². The van der Waals surface area contributed by atoms with Gasteiger partial charge in [0.25, 0.3) is 5.91 Å². The predicted octanol–water partition coefficient (Wildman–Crippen LogP) is 4.77. The minimum absolute atomic E-state index is 0.0456. The molecule has 0 spiro atoms. The van der Waals surface area contributed by atoms with Gasteiger partial charge < -0.3 is 9.64 Å². The zero-order valence-electron chi connectivity index (χ0n) is 20.4. The molecule has 1 amide bonds. The summed E-state index contributed by atoms with van der Waals surface area (Å²) in [6.45, 7) is 4.47. The molecule has 0 saturated carbocycles. The van der Waals surface area contributed by atoms with Crippen LogP contribution in [-0.2, 0) is 12.7 Å². The lowest BCUT2D eigenvalue weighted by Crippen LogP contribution is -2.53. The number of hydrogen-bond acceptors (Lipinski definition) is 5. The van der Waals surface area contributed by atoms with Crippen LogP contribution in [0.4, 0.5) is 13.2 Å². The van der Waals surface area contributed by atoms with Gasteiger partial charge in [-0.25, -0.2) is 9.50 Å². The molecule has 10 heteroatoms. The van der Waals surface area contributed by atoms with E-state index in [0.717, 1.165) is 12.6 Å². The van der Waals surface area contributed by atoms with E-state index in [4.69, 9.17) is 4.74 Å². The first kappa shape index (κ1) is 24.8. The van der Waals surface area contributed by atoms with E-state index in [0.29, 0.717) is 35.5 Å². The second-order valence-corrected chi connectivity index (χ2v) is 9.11. The van der Waals surface area contributed by atoms with Crippen LogP contribution in [0.25, 0.3) is 16.9 Å². The largest absolute Gasteiger partial charge is 0.497 e. The summed E-state index contributed by atoms with van der Waals surface area (Å²) in [5.41, 5.74) is 0.679. The van der Waals surface area contributed by atoms with Crippen LogP contribution >= 0.6 is 0 Å². The van der Waals surface area contributed by atoms with E-state index in [1.54, 1.807) is 29.2 Å². The maximum atomic E-state index is 14.0. The molecule has 0 unspecified atom stereocenters. The zero-order chi connectivity index (χ0) is 26.2. The van der Waals surface area contributed by atoms with Gasteiger partial charge >= 0.3 is 6.18 Å². The highest BCUT2D eigenvalue weighted by molar-refractivity contribution is 6.00. The minimum atomic E-state index is -4.69. The number of fused-ring (bicyclic) bond motifs is 1. The SMILES string of the molecule is COc1ccc(-c2cc(C(F)(F)F)n3ncc(C(=O)N4CCN(Cc5ccccc5)C[C@H]4C)c3n2)cc1. The number of alkyl halides is 3. The molecule has 1 aliphatic heterocycles. The van der Waals surface area contributed by atoms with Crippen molar-refractivity contribution in [3.05, 3.63) is 83.7 Å². The Morgan fingerprint density at radius 2 is 1.81 bits per heavy atom. The summed E-state index contributed by atoms with van der Waals surface area (Å²) in [5, 5.41) is 3.92. The molecule has 1 saturated heterocycles. The summed E-state index contributed by atoms with van der Waals surface area (Å²) in [7, 11) is 1.51. The van der Waals surface area contributed by atoms with Gasteiger partial charge in [0.15, 0.2) is 11.3 Å². The maximum Gasteiger partial charge on any atom is 0.433 e. The molecule has 192 valence electrons. The summed E-state index contributed by atoms with van der Waals surface area (Å²) in [6.07, 6.45) is -3.51. The Morgan fingerprint density at radius 3 is 2.46 bits per heavy atom. The molecule has 0 bridgehead atoms. The molecular weight excluding hydrogens is 483 g/mol. The highest BCUT2D eigenvalue weighted by atomic mass is 19.4. The molecule has 37 heavy (non-hydrogen) atoms. The van der Waals surface area contributed by atoms with E-state index in [1.165, 1.54) is 18.9 Å². The van der Waals surface area contributed by atoms with Crippen molar-refractivity contribution in [3.8, 4) is 17.0 Å². The van der Waals surface area contributed by atoms with E-state index in [-0.39, 0.29) is 28.9 Å². The van der Waals surface area contributed by atoms with Crippen molar-refractivity contribution in [2.24, 2.45) is 0 Å². The molecule has 5 rings (SSSR count). The molecular formula is C27H26F3N5O2. The number of nitrogens with zero attached hydrogens (tertiary/aromatic N) is 5. The Kier molecular flexibility index (Phi) is 6.59. The number of carbonyl (C=O) groups is 1. The second-order valence-electron chi connectivity index (χ2n) is 9.11. The van der Waals surface area contributed by atoms with Crippen molar-refractivity contribution in [1.82, 2.24) is 24.4 Å². The van der Waals surface area contributed by atoms with E-state index in [1.807, 2.05) is 25.1 Å². The standard InChI is InChI=1S/C27H26F3N5O2/c1-18-16-33(17-19-6-4-3-5-7-19)12-13-34(18)26(36)22-15-31-35-24(27(28,29)30)14-23(32-25(22)35)20-8-10-21(37-2)11-9-20/h3-11,14-15,18H,12-13,16-17H2,1-2H3/t18-/m1/s1. The highest BCUT2D eigenvalue weighted by Crippen LogP contribution is 2.33. The molecule has 2 aromatic heterocycles. The Hall–Kier alpha value is -3.92. The van der Waals surface area contributed by atoms with Gasteiger partial charge in [-0.3, -0.25) is 9.69 Å². The molecule has 1 atom stereocenters. The summed E-state index contributed by atoms with van der Waals surface area (Å²) in [5.74, 6) is 0.191. The number of rotatable bonds is 5. The third-order valence-electron chi connectivity index (χ3n) is 6.60. The van der Waals surface area contributed by atoms with Crippen molar-refractivity contribution >= 4 is 11.6 Å². The number of aromatic nitrogens is 3. The summed E-state index contributed by atoms with van der Waals surface area (Å²) in [6, 6.07) is 17.4. The zero-order valence-corrected chi connectivity index (χ0v) is 20.4. The predicted molar refractivity (Wildman–Crippen MR) is 132 cm³/mol. The molecule has 2 aromatic carbocycles. The third-order valence-corrected chi connectivity index (χ3v) is 6.60. The Balaban J connectivity index is 1.45. The minimum Gasteiger partial charge on any atom is -0.497 e. The van der Waals surface area contributed by atoms with Gasteiger partial charge in [-0.2, -0.15) is 18.3 Å². The lowest BCUT2D eigenvalue weighted by molar-refractivity contribution is -0.142. The number of piperazine rings is 1. The Labute approximate surface area is 212 Å². The lowest BCUT2D eigenvalue weighted by atomic mass is 10.1. The van der Waals surface area contributed by atoms with E-state index >= 15 is 0 Å². The van der Waals surface area contributed by atoms with Gasteiger partial charge in [0.1, 0.15) is 11.3 Å².